The van der Waals surface area contributed by atoms with E-state index in [2.05, 4.69) is 61.0 Å². The van der Waals surface area contributed by atoms with E-state index in [1.54, 1.807) is 0 Å². The molecule has 5 aromatic rings. The Bertz CT molecular complexity index is 1420. The highest BCUT2D eigenvalue weighted by Gasteiger charge is 2.16. The Morgan fingerprint density at radius 2 is 1.65 bits per heavy atom. The van der Waals surface area contributed by atoms with Crippen molar-refractivity contribution in [1.29, 1.82) is 0 Å². The summed E-state index contributed by atoms with van der Waals surface area (Å²) in [5, 5.41) is 14.0. The molecule has 0 aliphatic rings. The van der Waals surface area contributed by atoms with Crippen molar-refractivity contribution in [2.24, 2.45) is 7.05 Å². The van der Waals surface area contributed by atoms with Gasteiger partial charge >= 0.3 is 0 Å². The van der Waals surface area contributed by atoms with Crippen molar-refractivity contribution in [2.75, 3.05) is 0 Å². The van der Waals surface area contributed by atoms with E-state index in [9.17, 15) is 0 Å². The fraction of sp³-hybridized carbons (Fsp3) is 0.154. The van der Waals surface area contributed by atoms with Crippen LogP contribution in [0.15, 0.2) is 67.0 Å². The molecule has 0 aliphatic heterocycles. The molecular formula is C26H24N2O3. The number of pyridine rings is 1. The van der Waals surface area contributed by atoms with Crippen molar-refractivity contribution < 1.29 is 19.2 Å². The van der Waals surface area contributed by atoms with Crippen molar-refractivity contribution in [2.45, 2.75) is 20.8 Å². The highest BCUT2D eigenvalue weighted by Crippen LogP contribution is 2.37. The molecule has 2 heterocycles. The number of para-hydroxylation sites is 1. The van der Waals surface area contributed by atoms with Crippen molar-refractivity contribution in [3.8, 4) is 11.5 Å². The largest absolute Gasteiger partial charge is 0.550 e. The van der Waals surface area contributed by atoms with E-state index in [1.807, 2.05) is 36.4 Å². The normalized spacial score (nSPS) is 10.8. The summed E-state index contributed by atoms with van der Waals surface area (Å²) < 4.78 is 8.17. The molecular weight excluding hydrogens is 388 g/mol. The van der Waals surface area contributed by atoms with Crippen LogP contribution in [-0.4, -0.2) is 11.0 Å². The first-order valence-corrected chi connectivity index (χ1v) is 10.1. The summed E-state index contributed by atoms with van der Waals surface area (Å²) in [7, 11) is 2.07. The minimum absolute atomic E-state index is 0.849. The summed E-state index contributed by atoms with van der Waals surface area (Å²) in [5.74, 6) is 0.618. The van der Waals surface area contributed by atoms with Gasteiger partial charge in [0.05, 0.1) is 5.52 Å². The average Bonchev–Trinajstić information content (AvgIpc) is 3.12. The number of hydrogen-bond acceptors (Lipinski definition) is 3. The van der Waals surface area contributed by atoms with Gasteiger partial charge in [-0.1, -0.05) is 18.2 Å². The zero-order valence-corrected chi connectivity index (χ0v) is 18.0. The van der Waals surface area contributed by atoms with Gasteiger partial charge in [-0.15, -0.1) is 0 Å². The highest BCUT2D eigenvalue weighted by molar-refractivity contribution is 6.16. The second-order valence-corrected chi connectivity index (χ2v) is 7.68. The zero-order valence-electron chi connectivity index (χ0n) is 18.0. The fourth-order valence-electron chi connectivity index (χ4n) is 4.02. The number of aromatic amines is 1. The summed E-state index contributed by atoms with van der Waals surface area (Å²) >= 11 is 0. The fourth-order valence-corrected chi connectivity index (χ4v) is 4.02. The summed E-state index contributed by atoms with van der Waals surface area (Å²) in [5.41, 5.74) is 4.93. The predicted molar refractivity (Wildman–Crippen MR) is 121 cm³/mol. The van der Waals surface area contributed by atoms with Crippen LogP contribution in [0, 0.1) is 13.8 Å². The van der Waals surface area contributed by atoms with Gasteiger partial charge in [0.15, 0.2) is 12.4 Å². The SMILES string of the molecule is CC(=O)[O-].Cc1c2cc[n+](C)cc2c(C)c2c1[nH]c1ccc(Oc3ccccc3)cc12. The van der Waals surface area contributed by atoms with Gasteiger partial charge in [-0.25, -0.2) is 4.57 Å². The Morgan fingerprint density at radius 1 is 0.935 bits per heavy atom. The maximum atomic E-state index is 8.89. The lowest BCUT2D eigenvalue weighted by Gasteiger charge is -2.08. The lowest BCUT2D eigenvalue weighted by atomic mass is 9.97. The molecule has 3 aromatic carbocycles. The standard InChI is InChI=1S/C24H20N2O.C2H4O2/c1-15-21-14-26(3)12-11-19(21)16(2)24-23(15)20-13-18(9-10-22(20)25-24)27-17-7-5-4-6-8-17;1-2(3)4/h4-14H,1-3H3;1H3,(H,3,4). The monoisotopic (exact) mass is 412 g/mol. The molecule has 0 unspecified atom stereocenters. The average molecular weight is 412 g/mol. The third kappa shape index (κ3) is 3.94. The first-order valence-electron chi connectivity index (χ1n) is 10.1. The first-order chi connectivity index (χ1) is 14.8. The first kappa shape index (κ1) is 20.4. The molecule has 0 spiro atoms. The van der Waals surface area contributed by atoms with Gasteiger partial charge in [0.1, 0.15) is 18.5 Å². The van der Waals surface area contributed by atoms with Crippen molar-refractivity contribution in [3.63, 3.8) is 0 Å². The zero-order chi connectivity index (χ0) is 22.1. The maximum Gasteiger partial charge on any atom is 0.176 e. The number of carboxylic acid groups (broad SMARTS) is 1. The Hall–Kier alpha value is -3.86. The lowest BCUT2D eigenvalue weighted by Crippen LogP contribution is -2.26. The number of ether oxygens (including phenoxy) is 1. The molecule has 0 saturated heterocycles. The number of fused-ring (bicyclic) bond motifs is 4. The van der Waals surface area contributed by atoms with Gasteiger partial charge in [-0.3, -0.25) is 0 Å². The van der Waals surface area contributed by atoms with Gasteiger partial charge in [0.25, 0.3) is 0 Å². The number of carboxylic acids is 1. The Kier molecular flexibility index (Phi) is 5.34. The van der Waals surface area contributed by atoms with Crippen LogP contribution >= 0.6 is 0 Å². The minimum Gasteiger partial charge on any atom is -0.550 e. The smallest absolute Gasteiger partial charge is 0.176 e. The number of rotatable bonds is 2. The molecule has 0 atom stereocenters. The van der Waals surface area contributed by atoms with E-state index in [4.69, 9.17) is 14.6 Å². The van der Waals surface area contributed by atoms with Crippen LogP contribution in [0.5, 0.6) is 11.5 Å². The number of carbonyl (C=O) groups is 1. The molecule has 1 N–H and O–H groups in total. The van der Waals surface area contributed by atoms with Gasteiger partial charge in [-0.05, 0) is 67.6 Å². The Balaban J connectivity index is 0.000000535. The molecule has 0 saturated carbocycles. The topological polar surface area (TPSA) is 69.0 Å². The Labute approximate surface area is 180 Å². The molecule has 5 rings (SSSR count). The molecule has 0 aliphatic carbocycles. The number of H-pyrrole nitrogens is 1. The molecule has 156 valence electrons. The summed E-state index contributed by atoms with van der Waals surface area (Å²) in [6.45, 7) is 5.38. The number of carbonyl (C=O) groups excluding carboxylic acids is 1. The van der Waals surface area contributed by atoms with E-state index in [-0.39, 0.29) is 0 Å². The van der Waals surface area contributed by atoms with Crippen molar-refractivity contribution in [1.82, 2.24) is 4.98 Å². The summed E-state index contributed by atoms with van der Waals surface area (Å²) in [6.07, 6.45) is 4.31. The number of aromatic nitrogens is 2. The number of nitrogens with zero attached hydrogens (tertiary/aromatic N) is 1. The van der Waals surface area contributed by atoms with Crippen LogP contribution in [0.4, 0.5) is 0 Å². The number of aryl methyl sites for hydroxylation is 3. The molecule has 5 heteroatoms. The van der Waals surface area contributed by atoms with Gasteiger partial charge < -0.3 is 19.6 Å². The van der Waals surface area contributed by atoms with Crippen LogP contribution in [0.1, 0.15) is 18.1 Å². The van der Waals surface area contributed by atoms with Gasteiger partial charge in [-0.2, -0.15) is 0 Å². The quantitative estimate of drug-likeness (QED) is 0.435. The predicted octanol–water partition coefficient (Wildman–Crippen LogP) is 4.46. The van der Waals surface area contributed by atoms with E-state index in [0.717, 1.165) is 23.9 Å². The second kappa shape index (κ2) is 8.11. The number of benzene rings is 3. The summed E-state index contributed by atoms with van der Waals surface area (Å²) in [6, 6.07) is 18.4. The molecule has 5 nitrogen and oxygen atoms in total. The molecule has 2 aromatic heterocycles. The molecule has 0 fully saturated rings. The minimum atomic E-state index is -1.08. The molecule has 0 radical (unpaired) electrons. The van der Waals surface area contributed by atoms with E-state index in [1.165, 1.54) is 38.2 Å². The van der Waals surface area contributed by atoms with Crippen LogP contribution in [0.25, 0.3) is 32.6 Å². The van der Waals surface area contributed by atoms with Crippen molar-refractivity contribution in [3.05, 3.63) is 78.1 Å². The lowest BCUT2D eigenvalue weighted by molar-refractivity contribution is -0.670. The number of hydrogen-bond donors (Lipinski definition) is 1. The van der Waals surface area contributed by atoms with Crippen LogP contribution in [0.2, 0.25) is 0 Å². The maximum absolute atomic E-state index is 8.89. The Morgan fingerprint density at radius 3 is 2.35 bits per heavy atom. The van der Waals surface area contributed by atoms with Gasteiger partial charge in [0, 0.05) is 33.7 Å². The van der Waals surface area contributed by atoms with Crippen LogP contribution in [0.3, 0.4) is 0 Å². The summed E-state index contributed by atoms with van der Waals surface area (Å²) in [4.78, 5) is 12.5. The highest BCUT2D eigenvalue weighted by atomic mass is 16.5. The third-order valence-electron chi connectivity index (χ3n) is 5.41. The van der Waals surface area contributed by atoms with E-state index < -0.39 is 5.97 Å². The second-order valence-electron chi connectivity index (χ2n) is 7.68. The van der Waals surface area contributed by atoms with Crippen LogP contribution in [-0.2, 0) is 11.8 Å². The van der Waals surface area contributed by atoms with Crippen molar-refractivity contribution >= 4 is 38.5 Å². The van der Waals surface area contributed by atoms with E-state index in [0.29, 0.717) is 0 Å². The van der Waals surface area contributed by atoms with E-state index >= 15 is 0 Å². The molecule has 0 bridgehead atoms. The molecule has 0 amide bonds. The third-order valence-corrected chi connectivity index (χ3v) is 5.41. The molecule has 31 heavy (non-hydrogen) atoms. The van der Waals surface area contributed by atoms with Gasteiger partial charge in [0.2, 0.25) is 0 Å². The number of aliphatic carboxylic acids is 1. The van der Waals surface area contributed by atoms with Crippen LogP contribution < -0.4 is 14.4 Å². The number of nitrogens with one attached hydrogen (secondary N) is 1.